The van der Waals surface area contributed by atoms with E-state index in [-0.39, 0.29) is 19.5 Å². The molecule has 10 heteroatoms. The van der Waals surface area contributed by atoms with Gasteiger partial charge < -0.3 is 25.8 Å². The van der Waals surface area contributed by atoms with Crippen molar-refractivity contribution in [1.82, 2.24) is 10.6 Å². The molecular weight excluding hydrogens is 299 g/mol. The molecule has 6 N–H and O–H groups in total. The van der Waals surface area contributed by atoms with E-state index in [0.29, 0.717) is 19.4 Å². The first-order valence-electron chi connectivity index (χ1n) is 6.78. The monoisotopic (exact) mass is 324 g/mol. The largest absolute Gasteiger partial charge is 0.368 e. The van der Waals surface area contributed by atoms with Gasteiger partial charge in [-0.3, -0.25) is 14.7 Å². The summed E-state index contributed by atoms with van der Waals surface area (Å²) in [6.07, 6.45) is 0.760. The first kappa shape index (κ1) is 19.9. The van der Waals surface area contributed by atoms with Crippen LogP contribution in [0.1, 0.15) is 26.7 Å². The molecule has 0 radical (unpaired) electrons. The molecule has 0 aliphatic heterocycles. The van der Waals surface area contributed by atoms with E-state index in [2.05, 4.69) is 10.6 Å². The summed E-state index contributed by atoms with van der Waals surface area (Å²) in [5, 5.41) is 5.19. The third-order valence-corrected chi connectivity index (χ3v) is 4.37. The number of primary amides is 2. The minimum Gasteiger partial charge on any atom is -0.368 e. The van der Waals surface area contributed by atoms with E-state index in [1.165, 1.54) is 0 Å². The number of urea groups is 1. The van der Waals surface area contributed by atoms with Crippen molar-refractivity contribution >= 4 is 19.5 Å². The lowest BCUT2D eigenvalue weighted by Crippen LogP contribution is -2.42. The van der Waals surface area contributed by atoms with Crippen molar-refractivity contribution in [3.8, 4) is 0 Å². The van der Waals surface area contributed by atoms with Crippen LogP contribution in [0.5, 0.6) is 0 Å². The Morgan fingerprint density at radius 3 is 2.19 bits per heavy atom. The average molecular weight is 324 g/mol. The van der Waals surface area contributed by atoms with E-state index in [1.54, 1.807) is 13.8 Å². The number of nitrogens with two attached hydrogens (primary N) is 2. The van der Waals surface area contributed by atoms with E-state index in [9.17, 15) is 14.2 Å². The molecule has 0 aliphatic rings. The highest BCUT2D eigenvalue weighted by Crippen LogP contribution is 2.46. The first-order valence-corrected chi connectivity index (χ1v) is 8.51. The van der Waals surface area contributed by atoms with Crippen molar-refractivity contribution in [2.24, 2.45) is 11.5 Å². The summed E-state index contributed by atoms with van der Waals surface area (Å²) >= 11 is 0. The highest BCUT2D eigenvalue weighted by Gasteiger charge is 2.26. The van der Waals surface area contributed by atoms with Gasteiger partial charge in [0.25, 0.3) is 0 Å². The van der Waals surface area contributed by atoms with E-state index >= 15 is 0 Å². The van der Waals surface area contributed by atoms with Crippen LogP contribution < -0.4 is 22.1 Å². The van der Waals surface area contributed by atoms with Crippen molar-refractivity contribution in [2.45, 2.75) is 32.7 Å². The minimum atomic E-state index is -3.28. The van der Waals surface area contributed by atoms with Gasteiger partial charge in [-0.15, -0.1) is 0 Å². The summed E-state index contributed by atoms with van der Waals surface area (Å²) in [5.74, 6) is -0.575. The zero-order chi connectivity index (χ0) is 16.3. The van der Waals surface area contributed by atoms with Gasteiger partial charge in [0.2, 0.25) is 5.91 Å². The molecule has 3 amide bonds. The third-order valence-electron chi connectivity index (χ3n) is 2.50. The molecule has 9 nitrogen and oxygen atoms in total. The van der Waals surface area contributed by atoms with Crippen LogP contribution in [0.4, 0.5) is 4.79 Å². The zero-order valence-electron chi connectivity index (χ0n) is 12.5. The quantitative estimate of drug-likeness (QED) is 0.296. The van der Waals surface area contributed by atoms with Gasteiger partial charge >= 0.3 is 13.6 Å². The molecule has 0 fully saturated rings. The number of rotatable bonds is 12. The van der Waals surface area contributed by atoms with Gasteiger partial charge in [-0.05, 0) is 26.7 Å². The molecule has 0 aromatic heterocycles. The Morgan fingerprint density at radius 1 is 1.19 bits per heavy atom. The van der Waals surface area contributed by atoms with Gasteiger partial charge in [0, 0.05) is 6.54 Å². The molecule has 0 unspecified atom stereocenters. The fraction of sp³-hybridized carbons (Fsp3) is 0.818. The highest BCUT2D eigenvalue weighted by atomic mass is 31.2. The van der Waals surface area contributed by atoms with Gasteiger partial charge in [-0.1, -0.05) is 0 Å². The molecule has 0 aliphatic carbocycles. The van der Waals surface area contributed by atoms with Crippen molar-refractivity contribution < 1.29 is 23.2 Å². The maximum Gasteiger partial charge on any atom is 0.344 e. The van der Waals surface area contributed by atoms with E-state index < -0.39 is 25.6 Å². The van der Waals surface area contributed by atoms with Crippen LogP contribution in [0.3, 0.4) is 0 Å². The summed E-state index contributed by atoms with van der Waals surface area (Å²) in [6, 6.07) is -1.32. The number of hydrogen-bond donors (Lipinski definition) is 4. The molecular formula is C11H25N4O5P. The van der Waals surface area contributed by atoms with Crippen molar-refractivity contribution in [2.75, 3.05) is 26.0 Å². The lowest BCUT2D eigenvalue weighted by atomic mass is 10.1. The Bertz CT molecular complexity index is 370. The molecule has 0 rings (SSSR count). The Hall–Kier alpha value is -1.15. The molecule has 0 spiro atoms. The van der Waals surface area contributed by atoms with Gasteiger partial charge in [0.15, 0.2) is 0 Å². The summed E-state index contributed by atoms with van der Waals surface area (Å²) in [6.45, 7) is 4.21. The number of nitrogens with one attached hydrogen (secondary N) is 2. The van der Waals surface area contributed by atoms with Crippen LogP contribution in [0.2, 0.25) is 0 Å². The highest BCUT2D eigenvalue weighted by molar-refractivity contribution is 7.53. The van der Waals surface area contributed by atoms with Crippen LogP contribution in [0, 0.1) is 0 Å². The van der Waals surface area contributed by atoms with Crippen LogP contribution in [0.15, 0.2) is 0 Å². The number of amides is 3. The lowest BCUT2D eigenvalue weighted by molar-refractivity contribution is -0.120. The van der Waals surface area contributed by atoms with Crippen LogP contribution in [-0.4, -0.2) is 44.0 Å². The van der Waals surface area contributed by atoms with Crippen LogP contribution in [-0.2, 0) is 18.4 Å². The van der Waals surface area contributed by atoms with Gasteiger partial charge in [-0.2, -0.15) is 0 Å². The fourth-order valence-corrected chi connectivity index (χ4v) is 3.09. The maximum absolute atomic E-state index is 12.2. The molecule has 0 saturated heterocycles. The summed E-state index contributed by atoms with van der Waals surface area (Å²) in [7, 11) is -3.28. The first-order chi connectivity index (χ1) is 9.84. The van der Waals surface area contributed by atoms with E-state index in [1.807, 2.05) is 0 Å². The van der Waals surface area contributed by atoms with Gasteiger partial charge in [0.05, 0.1) is 25.5 Å². The second kappa shape index (κ2) is 10.6. The van der Waals surface area contributed by atoms with Crippen LogP contribution >= 0.6 is 7.60 Å². The normalized spacial score (nSPS) is 12.9. The molecule has 21 heavy (non-hydrogen) atoms. The van der Waals surface area contributed by atoms with Crippen molar-refractivity contribution in [1.29, 1.82) is 0 Å². The summed E-state index contributed by atoms with van der Waals surface area (Å²) in [5.41, 5.74) is 10.2. The fourth-order valence-electron chi connectivity index (χ4n) is 1.61. The topological polar surface area (TPSA) is 146 Å². The van der Waals surface area contributed by atoms with Crippen molar-refractivity contribution in [3.05, 3.63) is 0 Å². The average Bonchev–Trinajstić information content (AvgIpc) is 2.37. The summed E-state index contributed by atoms with van der Waals surface area (Å²) < 4.78 is 22.4. The second-order valence-electron chi connectivity index (χ2n) is 4.20. The molecule has 0 heterocycles. The van der Waals surface area contributed by atoms with Crippen molar-refractivity contribution in [3.63, 3.8) is 0 Å². The molecule has 1 atom stereocenters. The van der Waals surface area contributed by atoms with E-state index in [4.69, 9.17) is 20.5 Å². The minimum absolute atomic E-state index is 0.106. The van der Waals surface area contributed by atoms with E-state index in [0.717, 1.165) is 0 Å². The second-order valence-corrected chi connectivity index (χ2v) is 6.25. The Balaban J connectivity index is 4.32. The Labute approximate surface area is 124 Å². The standard InChI is InChI=1S/C11H25N4O5P/c1-3-19-21(18,20-4-2)8-15-9(10(12)16)6-5-7-14-11(13)17/h9,15H,3-8H2,1-2H3,(H2,12,16)(H3,13,14,17)/t9-/m0/s1. The molecule has 0 aromatic rings. The van der Waals surface area contributed by atoms with Gasteiger partial charge in [-0.25, -0.2) is 4.79 Å². The van der Waals surface area contributed by atoms with Crippen LogP contribution in [0.25, 0.3) is 0 Å². The van der Waals surface area contributed by atoms with Gasteiger partial charge in [0.1, 0.15) is 0 Å². The Kier molecular flexibility index (Phi) is 9.98. The smallest absolute Gasteiger partial charge is 0.344 e. The third kappa shape index (κ3) is 9.41. The lowest BCUT2D eigenvalue weighted by Gasteiger charge is -2.21. The number of carbonyl (C=O) groups excluding carboxylic acids is 2. The number of carbonyl (C=O) groups is 2. The molecule has 0 saturated carbocycles. The Morgan fingerprint density at radius 2 is 1.76 bits per heavy atom. The summed E-state index contributed by atoms with van der Waals surface area (Å²) in [4.78, 5) is 21.8. The predicted octanol–water partition coefficient (Wildman–Crippen LogP) is 0.102. The molecule has 0 aromatic carbocycles. The predicted molar refractivity (Wildman–Crippen MR) is 78.7 cm³/mol. The zero-order valence-corrected chi connectivity index (χ0v) is 13.4. The maximum atomic E-state index is 12.2. The SMILES string of the molecule is CCOP(=O)(CN[C@@H](CCCNC(N)=O)C(N)=O)OCC. The molecule has 0 bridgehead atoms. The molecule has 124 valence electrons. The number of hydrogen-bond acceptors (Lipinski definition) is 6.